The van der Waals surface area contributed by atoms with Gasteiger partial charge in [-0.2, -0.15) is 0 Å². The van der Waals surface area contributed by atoms with Gasteiger partial charge in [-0.3, -0.25) is 9.69 Å². The van der Waals surface area contributed by atoms with Crippen LogP contribution in [0.25, 0.3) is 0 Å². The van der Waals surface area contributed by atoms with Crippen LogP contribution in [0.3, 0.4) is 0 Å². The van der Waals surface area contributed by atoms with Crippen LogP contribution in [-0.4, -0.2) is 32.9 Å². The Kier molecular flexibility index (Phi) is 4.20. The minimum Gasteiger partial charge on any atom is -0.383 e. The van der Waals surface area contributed by atoms with E-state index in [1.165, 1.54) is 0 Å². The third kappa shape index (κ3) is 3.33. The van der Waals surface area contributed by atoms with Gasteiger partial charge in [0.15, 0.2) is 0 Å². The van der Waals surface area contributed by atoms with Crippen molar-refractivity contribution in [2.45, 2.75) is 32.2 Å². The Morgan fingerprint density at radius 2 is 2.18 bits per heavy atom. The smallest absolute Gasteiger partial charge is 0.251 e. The Bertz CT molecular complexity index is 704. The number of nitrogens with two attached hydrogens (primary N) is 1. The van der Waals surface area contributed by atoms with Gasteiger partial charge >= 0.3 is 0 Å². The number of hydrogen-bond acceptors (Lipinski definition) is 5. The number of nitrogens with one attached hydrogen (secondary N) is 1. The maximum absolute atomic E-state index is 11.6. The molecule has 0 radical (unpaired) electrons. The fourth-order valence-corrected chi connectivity index (χ4v) is 3.02. The van der Waals surface area contributed by atoms with Crippen LogP contribution in [0.4, 0.5) is 5.82 Å². The van der Waals surface area contributed by atoms with Crippen molar-refractivity contribution in [3.63, 3.8) is 0 Å². The van der Waals surface area contributed by atoms with Gasteiger partial charge in [-0.1, -0.05) is 6.07 Å². The largest absolute Gasteiger partial charge is 0.383 e. The second-order valence-electron chi connectivity index (χ2n) is 5.85. The van der Waals surface area contributed by atoms with Crippen LogP contribution in [0.1, 0.15) is 35.8 Å². The zero-order chi connectivity index (χ0) is 15.5. The lowest BCUT2D eigenvalue weighted by molar-refractivity contribution is 0.203. The molecule has 22 heavy (non-hydrogen) atoms. The number of rotatable bonds is 3. The van der Waals surface area contributed by atoms with Gasteiger partial charge in [-0.15, -0.1) is 0 Å². The van der Waals surface area contributed by atoms with Gasteiger partial charge in [0.1, 0.15) is 11.6 Å². The molecule has 2 aromatic rings. The van der Waals surface area contributed by atoms with Crippen LogP contribution in [0.15, 0.2) is 29.2 Å². The predicted octanol–water partition coefficient (Wildman–Crippen LogP) is 1.44. The van der Waals surface area contributed by atoms with Crippen LogP contribution in [-0.2, 0) is 6.54 Å². The zero-order valence-corrected chi connectivity index (χ0v) is 12.7. The molecule has 0 bridgehead atoms. The van der Waals surface area contributed by atoms with Crippen molar-refractivity contribution in [1.29, 1.82) is 0 Å². The molecule has 0 unspecified atom stereocenters. The molecule has 0 aromatic carbocycles. The molecular formula is C16H21N5O. The lowest BCUT2D eigenvalue weighted by atomic mass is 9.93. The number of anilines is 1. The van der Waals surface area contributed by atoms with E-state index in [9.17, 15) is 4.79 Å². The van der Waals surface area contributed by atoms with E-state index in [0.717, 1.165) is 43.7 Å². The molecule has 3 N–H and O–H groups in total. The summed E-state index contributed by atoms with van der Waals surface area (Å²) in [5.41, 5.74) is 7.83. The normalized spacial score (nSPS) is 16.8. The summed E-state index contributed by atoms with van der Waals surface area (Å²) in [7, 11) is 0. The minimum absolute atomic E-state index is 0.0620. The van der Waals surface area contributed by atoms with Crippen molar-refractivity contribution in [3.8, 4) is 0 Å². The van der Waals surface area contributed by atoms with E-state index in [0.29, 0.717) is 17.6 Å². The fourth-order valence-electron chi connectivity index (χ4n) is 3.02. The van der Waals surface area contributed by atoms with E-state index >= 15 is 0 Å². The quantitative estimate of drug-likeness (QED) is 0.895. The summed E-state index contributed by atoms with van der Waals surface area (Å²) in [6.45, 7) is 4.61. The van der Waals surface area contributed by atoms with Crippen molar-refractivity contribution < 1.29 is 0 Å². The average Bonchev–Trinajstić information content (AvgIpc) is 2.49. The van der Waals surface area contributed by atoms with E-state index in [1.54, 1.807) is 12.3 Å². The van der Waals surface area contributed by atoms with Crippen molar-refractivity contribution in [3.05, 3.63) is 51.8 Å². The van der Waals surface area contributed by atoms with Crippen LogP contribution in [0.2, 0.25) is 0 Å². The van der Waals surface area contributed by atoms with Crippen molar-refractivity contribution in [1.82, 2.24) is 19.9 Å². The summed E-state index contributed by atoms with van der Waals surface area (Å²) < 4.78 is 0. The minimum atomic E-state index is -0.0620. The highest BCUT2D eigenvalue weighted by molar-refractivity contribution is 5.38. The molecule has 116 valence electrons. The van der Waals surface area contributed by atoms with E-state index in [4.69, 9.17) is 5.73 Å². The van der Waals surface area contributed by atoms with Gasteiger partial charge in [0.25, 0.3) is 5.56 Å². The molecule has 0 aliphatic carbocycles. The summed E-state index contributed by atoms with van der Waals surface area (Å²) >= 11 is 0. The second kappa shape index (κ2) is 6.27. The van der Waals surface area contributed by atoms with Crippen molar-refractivity contribution in [2.24, 2.45) is 0 Å². The molecule has 1 fully saturated rings. The summed E-state index contributed by atoms with van der Waals surface area (Å²) in [4.78, 5) is 25.3. The molecule has 3 heterocycles. The van der Waals surface area contributed by atoms with E-state index < -0.39 is 0 Å². The Labute approximate surface area is 129 Å². The topological polar surface area (TPSA) is 87.9 Å². The number of aromatic amines is 1. The number of nitrogens with zero attached hydrogens (tertiary/aromatic N) is 3. The maximum atomic E-state index is 11.6. The van der Waals surface area contributed by atoms with E-state index in [1.807, 2.05) is 19.1 Å². The molecular weight excluding hydrogens is 278 g/mol. The number of H-pyrrole nitrogens is 1. The first-order valence-corrected chi connectivity index (χ1v) is 7.61. The predicted molar refractivity (Wildman–Crippen MR) is 85.5 cm³/mol. The highest BCUT2D eigenvalue weighted by Gasteiger charge is 2.22. The first kappa shape index (κ1) is 14.7. The Hall–Kier alpha value is -2.21. The molecule has 1 saturated heterocycles. The molecule has 0 atom stereocenters. The summed E-state index contributed by atoms with van der Waals surface area (Å²) in [6.07, 6.45) is 3.73. The van der Waals surface area contributed by atoms with Gasteiger partial charge in [0.2, 0.25) is 0 Å². The summed E-state index contributed by atoms with van der Waals surface area (Å²) in [6, 6.07) is 5.57. The highest BCUT2D eigenvalue weighted by atomic mass is 16.1. The number of nitrogen functional groups attached to an aromatic ring is 1. The number of aromatic nitrogens is 3. The SMILES string of the molecule is Cc1nc(C2CCN(Cc3cccnc3N)CC2)cc(=O)[nH]1. The summed E-state index contributed by atoms with van der Waals surface area (Å²) in [5.74, 6) is 1.66. The van der Waals surface area contributed by atoms with Gasteiger partial charge in [0, 0.05) is 30.3 Å². The highest BCUT2D eigenvalue weighted by Crippen LogP contribution is 2.27. The second-order valence-corrected chi connectivity index (χ2v) is 5.85. The molecule has 1 aliphatic rings. The Morgan fingerprint density at radius 1 is 1.41 bits per heavy atom. The van der Waals surface area contributed by atoms with Crippen LogP contribution in [0, 0.1) is 6.92 Å². The molecule has 0 amide bonds. The van der Waals surface area contributed by atoms with Gasteiger partial charge in [0.05, 0.1) is 5.69 Å². The van der Waals surface area contributed by atoms with Crippen molar-refractivity contribution in [2.75, 3.05) is 18.8 Å². The molecule has 6 nitrogen and oxygen atoms in total. The Morgan fingerprint density at radius 3 is 2.86 bits per heavy atom. The average molecular weight is 299 g/mol. The number of pyridine rings is 1. The maximum Gasteiger partial charge on any atom is 0.251 e. The van der Waals surface area contributed by atoms with Crippen LogP contribution < -0.4 is 11.3 Å². The van der Waals surface area contributed by atoms with Crippen molar-refractivity contribution >= 4 is 5.82 Å². The van der Waals surface area contributed by atoms with Crippen LogP contribution in [0.5, 0.6) is 0 Å². The molecule has 3 rings (SSSR count). The lowest BCUT2D eigenvalue weighted by Gasteiger charge is -2.31. The molecule has 2 aromatic heterocycles. The first-order valence-electron chi connectivity index (χ1n) is 7.61. The number of likely N-dealkylation sites (tertiary alicyclic amines) is 1. The van der Waals surface area contributed by atoms with Crippen LogP contribution >= 0.6 is 0 Å². The van der Waals surface area contributed by atoms with E-state index in [2.05, 4.69) is 19.9 Å². The third-order valence-corrected chi connectivity index (χ3v) is 4.21. The fraction of sp³-hybridized carbons (Fsp3) is 0.438. The monoisotopic (exact) mass is 299 g/mol. The number of aryl methyl sites for hydroxylation is 1. The Balaban J connectivity index is 1.63. The molecule has 6 heteroatoms. The van der Waals surface area contributed by atoms with E-state index in [-0.39, 0.29) is 5.56 Å². The number of hydrogen-bond donors (Lipinski definition) is 2. The first-order chi connectivity index (χ1) is 10.6. The lowest BCUT2D eigenvalue weighted by Crippen LogP contribution is -2.33. The summed E-state index contributed by atoms with van der Waals surface area (Å²) in [5, 5.41) is 0. The molecule has 1 aliphatic heterocycles. The third-order valence-electron chi connectivity index (χ3n) is 4.21. The number of piperidine rings is 1. The van der Waals surface area contributed by atoms with Gasteiger partial charge in [-0.25, -0.2) is 9.97 Å². The molecule has 0 saturated carbocycles. The standard InChI is InChI=1S/C16H21N5O/c1-11-19-14(9-15(22)20-11)12-4-7-21(8-5-12)10-13-3-2-6-18-16(13)17/h2-3,6,9,12H,4-5,7-8,10H2,1H3,(H2,17,18)(H,19,20,22). The molecule has 0 spiro atoms. The zero-order valence-electron chi connectivity index (χ0n) is 12.7. The van der Waals surface area contributed by atoms with Gasteiger partial charge < -0.3 is 10.7 Å². The van der Waals surface area contributed by atoms with Gasteiger partial charge in [-0.05, 0) is 38.9 Å².